The number of hydrogen-bond acceptors (Lipinski definition) is 4. The molecule has 0 amide bonds. The van der Waals surface area contributed by atoms with Gasteiger partial charge in [0.2, 0.25) is 0 Å². The summed E-state index contributed by atoms with van der Waals surface area (Å²) >= 11 is 12.3. The Morgan fingerprint density at radius 1 is 1.24 bits per heavy atom. The van der Waals surface area contributed by atoms with Crippen molar-refractivity contribution in [1.29, 1.82) is 0 Å². The van der Waals surface area contributed by atoms with Gasteiger partial charge in [-0.15, -0.1) is 0 Å². The van der Waals surface area contributed by atoms with Crippen LogP contribution in [0.2, 0.25) is 10.0 Å². The van der Waals surface area contributed by atoms with E-state index in [1.54, 1.807) is 24.0 Å². The Kier molecular flexibility index (Phi) is 6.17. The van der Waals surface area contributed by atoms with Gasteiger partial charge in [-0.05, 0) is 45.9 Å². The fraction of sp³-hybridized carbons (Fsp3) is 0.333. The number of aryl methyl sites for hydroxylation is 1. The molecule has 29 heavy (non-hydrogen) atoms. The smallest absolute Gasteiger partial charge is 0.142 e. The van der Waals surface area contributed by atoms with Gasteiger partial charge in [0, 0.05) is 34.1 Å². The molecule has 0 radical (unpaired) electrons. The van der Waals surface area contributed by atoms with E-state index in [1.165, 1.54) is 12.1 Å². The van der Waals surface area contributed by atoms with E-state index in [0.717, 1.165) is 11.1 Å². The van der Waals surface area contributed by atoms with Gasteiger partial charge in [-0.1, -0.05) is 23.2 Å². The van der Waals surface area contributed by atoms with Crippen LogP contribution < -0.4 is 4.74 Å². The molecule has 3 aromatic rings. The van der Waals surface area contributed by atoms with Crippen molar-refractivity contribution in [3.05, 3.63) is 63.9 Å². The Balaban J connectivity index is 1.92. The lowest BCUT2D eigenvalue weighted by Crippen LogP contribution is -2.30. The maximum atomic E-state index is 13.9. The number of pyridine rings is 1. The van der Waals surface area contributed by atoms with Gasteiger partial charge in [0.25, 0.3) is 0 Å². The van der Waals surface area contributed by atoms with Crippen LogP contribution in [0.4, 0.5) is 4.39 Å². The number of benzene rings is 1. The van der Waals surface area contributed by atoms with Gasteiger partial charge in [0.05, 0.1) is 29.1 Å². The summed E-state index contributed by atoms with van der Waals surface area (Å²) in [5.74, 6) is -0.0235. The molecule has 0 fully saturated rings. The van der Waals surface area contributed by atoms with Crippen molar-refractivity contribution in [3.63, 3.8) is 0 Å². The van der Waals surface area contributed by atoms with Crippen LogP contribution in [0.1, 0.15) is 38.1 Å². The van der Waals surface area contributed by atoms with Crippen molar-refractivity contribution in [2.24, 2.45) is 0 Å². The van der Waals surface area contributed by atoms with Gasteiger partial charge in [-0.25, -0.2) is 4.39 Å². The van der Waals surface area contributed by atoms with Crippen molar-refractivity contribution in [2.45, 2.75) is 39.3 Å². The Hall–Kier alpha value is -2.15. The Bertz CT molecular complexity index is 1040. The molecular weight excluding hydrogens is 416 g/mol. The molecule has 0 bridgehead atoms. The predicted octanol–water partition coefficient (Wildman–Crippen LogP) is 5.57. The molecule has 1 atom stereocenters. The number of hydrogen-bond donors (Lipinski definition) is 1. The molecule has 3 rings (SSSR count). The maximum absolute atomic E-state index is 13.9. The molecule has 154 valence electrons. The number of ether oxygens (including phenoxy) is 1. The number of aliphatic hydroxyl groups excluding tert-OH is 1. The molecule has 0 spiro atoms. The van der Waals surface area contributed by atoms with E-state index in [-0.39, 0.29) is 11.6 Å². The first-order chi connectivity index (χ1) is 13.6. The van der Waals surface area contributed by atoms with Crippen molar-refractivity contribution in [3.8, 4) is 16.9 Å². The van der Waals surface area contributed by atoms with Crippen LogP contribution in [0.25, 0.3) is 11.1 Å². The molecule has 0 saturated carbocycles. The topological polar surface area (TPSA) is 60.2 Å². The second kappa shape index (κ2) is 8.30. The van der Waals surface area contributed by atoms with E-state index >= 15 is 0 Å². The lowest BCUT2D eigenvalue weighted by molar-refractivity contribution is 0.152. The van der Waals surface area contributed by atoms with Crippen LogP contribution >= 0.6 is 23.2 Å². The minimum atomic E-state index is -0.586. The Morgan fingerprint density at radius 2 is 1.97 bits per heavy atom. The summed E-state index contributed by atoms with van der Waals surface area (Å²) < 4.78 is 21.6. The summed E-state index contributed by atoms with van der Waals surface area (Å²) in [5, 5.41) is 14.2. The molecule has 0 saturated heterocycles. The summed E-state index contributed by atoms with van der Waals surface area (Å²) in [6, 6.07) is 4.52. The average molecular weight is 438 g/mol. The maximum Gasteiger partial charge on any atom is 0.142 e. The SMILES string of the molecule is Cc1ncc(-c2cnn(C(C)(C)CO)c2)cc1OC(C)c1c(Cl)ccc(F)c1Cl. The van der Waals surface area contributed by atoms with Crippen molar-refractivity contribution in [1.82, 2.24) is 14.8 Å². The quantitative estimate of drug-likeness (QED) is 0.512. The largest absolute Gasteiger partial charge is 0.484 e. The van der Waals surface area contributed by atoms with Crippen LogP contribution in [0.5, 0.6) is 5.75 Å². The molecule has 2 heterocycles. The van der Waals surface area contributed by atoms with E-state index in [2.05, 4.69) is 10.1 Å². The van der Waals surface area contributed by atoms with Crippen molar-refractivity contribution < 1.29 is 14.2 Å². The van der Waals surface area contributed by atoms with Gasteiger partial charge in [0.15, 0.2) is 0 Å². The van der Waals surface area contributed by atoms with E-state index in [0.29, 0.717) is 22.0 Å². The van der Waals surface area contributed by atoms with Crippen molar-refractivity contribution >= 4 is 23.2 Å². The lowest BCUT2D eigenvalue weighted by Gasteiger charge is -2.22. The highest BCUT2D eigenvalue weighted by atomic mass is 35.5. The minimum absolute atomic E-state index is 0.0404. The van der Waals surface area contributed by atoms with Crippen LogP contribution in [0.15, 0.2) is 36.8 Å². The summed E-state index contributed by atoms with van der Waals surface area (Å²) in [6.07, 6.45) is 4.69. The molecule has 0 aliphatic carbocycles. The molecule has 2 aromatic heterocycles. The molecule has 1 unspecified atom stereocenters. The van der Waals surface area contributed by atoms with Gasteiger partial charge in [-0.2, -0.15) is 5.10 Å². The molecular formula is C21H22Cl2FN3O2. The zero-order chi connectivity index (χ0) is 21.3. The zero-order valence-electron chi connectivity index (χ0n) is 16.6. The Labute approximate surface area is 179 Å². The lowest BCUT2D eigenvalue weighted by atomic mass is 10.1. The first kappa shape index (κ1) is 21.6. The summed E-state index contributed by atoms with van der Waals surface area (Å²) in [5.41, 5.74) is 2.17. The van der Waals surface area contributed by atoms with E-state index in [4.69, 9.17) is 27.9 Å². The predicted molar refractivity (Wildman–Crippen MR) is 112 cm³/mol. The monoisotopic (exact) mass is 437 g/mol. The third-order valence-electron chi connectivity index (χ3n) is 4.75. The fourth-order valence-corrected chi connectivity index (χ4v) is 3.51. The molecule has 5 nitrogen and oxygen atoms in total. The second-order valence-corrected chi connectivity index (χ2v) is 8.25. The number of halogens is 3. The second-order valence-electron chi connectivity index (χ2n) is 7.47. The number of aliphatic hydroxyl groups is 1. The van der Waals surface area contributed by atoms with Crippen LogP contribution in [-0.4, -0.2) is 26.5 Å². The third kappa shape index (κ3) is 4.39. The number of rotatable bonds is 6. The molecule has 1 N–H and O–H groups in total. The van der Waals surface area contributed by atoms with Gasteiger partial charge in [0.1, 0.15) is 17.7 Å². The summed E-state index contributed by atoms with van der Waals surface area (Å²) in [4.78, 5) is 4.40. The highest BCUT2D eigenvalue weighted by Gasteiger charge is 2.22. The summed E-state index contributed by atoms with van der Waals surface area (Å²) in [6.45, 7) is 7.31. The minimum Gasteiger partial charge on any atom is -0.484 e. The first-order valence-corrected chi connectivity index (χ1v) is 9.82. The normalized spacial score (nSPS) is 12.8. The van der Waals surface area contributed by atoms with Crippen LogP contribution in [0, 0.1) is 12.7 Å². The van der Waals surface area contributed by atoms with E-state index < -0.39 is 17.5 Å². The highest BCUT2D eigenvalue weighted by molar-refractivity contribution is 6.36. The van der Waals surface area contributed by atoms with Gasteiger partial charge in [-0.3, -0.25) is 9.67 Å². The number of aromatic nitrogens is 3. The standard InChI is InChI=1S/C21H22Cl2FN3O2/c1-12-18(29-13(2)19-16(22)5-6-17(24)20(19)23)7-14(8-25-12)15-9-26-27(10-15)21(3,4)11-28/h5-10,13,28H,11H2,1-4H3. The average Bonchev–Trinajstić information content (AvgIpc) is 3.18. The van der Waals surface area contributed by atoms with Crippen LogP contribution in [0.3, 0.4) is 0 Å². The van der Waals surface area contributed by atoms with Crippen molar-refractivity contribution in [2.75, 3.05) is 6.61 Å². The van der Waals surface area contributed by atoms with E-state index in [9.17, 15) is 9.50 Å². The third-order valence-corrected chi connectivity index (χ3v) is 5.47. The zero-order valence-corrected chi connectivity index (χ0v) is 18.1. The summed E-state index contributed by atoms with van der Waals surface area (Å²) in [7, 11) is 0. The van der Waals surface area contributed by atoms with Gasteiger partial charge < -0.3 is 9.84 Å². The first-order valence-electron chi connectivity index (χ1n) is 9.07. The molecule has 0 aliphatic heterocycles. The fourth-order valence-electron chi connectivity index (χ4n) is 2.83. The van der Waals surface area contributed by atoms with Gasteiger partial charge >= 0.3 is 0 Å². The molecule has 0 aliphatic rings. The molecule has 8 heteroatoms. The van der Waals surface area contributed by atoms with Crippen LogP contribution in [-0.2, 0) is 5.54 Å². The Morgan fingerprint density at radius 3 is 2.66 bits per heavy atom. The highest BCUT2D eigenvalue weighted by Crippen LogP contribution is 2.36. The molecule has 1 aromatic carbocycles. The van der Waals surface area contributed by atoms with E-state index in [1.807, 2.05) is 33.0 Å². The number of nitrogens with zero attached hydrogens (tertiary/aromatic N) is 3.